The standard InChI is InChI=1S/C5H5.Bi.Zr.H/c1-3-5-4-2;;;/h1,3H,2H3;;;/q-1;;;. The molecule has 0 aromatic heterocycles. The first-order valence-corrected chi connectivity index (χ1v) is 6.10. The molecule has 1 heterocycles. The van der Waals surface area contributed by atoms with Crippen LogP contribution in [0.5, 0.6) is 0 Å². The van der Waals surface area contributed by atoms with Crippen molar-refractivity contribution in [2.75, 3.05) is 0 Å². The van der Waals surface area contributed by atoms with E-state index in [0.717, 1.165) is 0 Å². The molecule has 36 valence electrons. The van der Waals surface area contributed by atoms with Gasteiger partial charge in [0.25, 0.3) is 0 Å². The summed E-state index contributed by atoms with van der Waals surface area (Å²) in [4.78, 5) is 0. The van der Waals surface area contributed by atoms with Crippen LogP contribution < -0.4 is 0 Å². The number of rotatable bonds is 0. The van der Waals surface area contributed by atoms with E-state index in [0.29, 0.717) is 0 Å². The van der Waals surface area contributed by atoms with Gasteiger partial charge in [-0.1, -0.05) is 0 Å². The van der Waals surface area contributed by atoms with Gasteiger partial charge in [-0.15, -0.1) is 0 Å². The Morgan fingerprint density at radius 3 is 2.57 bits per heavy atom. The van der Waals surface area contributed by atoms with E-state index < -0.39 is 0 Å². The summed E-state index contributed by atoms with van der Waals surface area (Å²) in [7, 11) is 0. The zero-order valence-corrected chi connectivity index (χ0v) is 10.5. The molecule has 1 aliphatic rings. The topological polar surface area (TPSA) is 0 Å². The fourth-order valence-electron chi connectivity index (χ4n) is 0.375. The third-order valence-corrected chi connectivity index (χ3v) is 4.22. The van der Waals surface area contributed by atoms with Gasteiger partial charge in [0, 0.05) is 26.2 Å². The van der Waals surface area contributed by atoms with Gasteiger partial charge in [-0.3, -0.25) is 0 Å². The molecule has 2 heteroatoms. The maximum atomic E-state index is 3.14. The van der Waals surface area contributed by atoms with E-state index in [9.17, 15) is 0 Å². The summed E-state index contributed by atoms with van der Waals surface area (Å²) >= 11 is -0.315. The van der Waals surface area contributed by atoms with Crippen LogP contribution in [0, 0.1) is 6.08 Å². The molecule has 0 bridgehead atoms. The van der Waals surface area contributed by atoms with Crippen molar-refractivity contribution >= 4 is 23.2 Å². The Kier molecular flexibility index (Phi) is 4.90. The molecule has 1 rings (SSSR count). The van der Waals surface area contributed by atoms with Crippen molar-refractivity contribution in [1.82, 2.24) is 0 Å². The first kappa shape index (κ1) is 8.25. The molecule has 0 amide bonds. The Morgan fingerprint density at radius 2 is 2.43 bits per heavy atom. The zero-order valence-electron chi connectivity index (χ0n) is 4.15. The van der Waals surface area contributed by atoms with Crippen molar-refractivity contribution in [3.05, 3.63) is 19.2 Å². The Labute approximate surface area is 74.8 Å². The second-order valence-corrected chi connectivity index (χ2v) is 6.58. The summed E-state index contributed by atoms with van der Waals surface area (Å²) in [6, 6.07) is 0. The first-order valence-electron chi connectivity index (χ1n) is 1.91. The van der Waals surface area contributed by atoms with Crippen molar-refractivity contribution in [3.8, 4) is 0 Å². The van der Waals surface area contributed by atoms with Crippen LogP contribution in [0.4, 0.5) is 0 Å². The van der Waals surface area contributed by atoms with Crippen LogP contribution in [-0.4, -0.2) is 23.2 Å². The van der Waals surface area contributed by atoms with Crippen molar-refractivity contribution in [1.29, 1.82) is 0 Å². The van der Waals surface area contributed by atoms with Crippen LogP contribution in [0.2, 0.25) is 0 Å². The van der Waals surface area contributed by atoms with Gasteiger partial charge in [0.15, 0.2) is 0 Å². The quantitative estimate of drug-likeness (QED) is 0.437. The minimum atomic E-state index is -0.315. The van der Waals surface area contributed by atoms with Crippen LogP contribution in [-0.2, 0) is 26.2 Å². The zero-order chi connectivity index (χ0) is 4.41. The molecule has 0 aliphatic carbocycles. The van der Waals surface area contributed by atoms with E-state index in [1.165, 1.54) is 3.28 Å². The summed E-state index contributed by atoms with van der Waals surface area (Å²) < 4.78 is 3.84. The molecule has 0 atom stereocenters. The first-order chi connectivity index (χ1) is 2.89. The van der Waals surface area contributed by atoms with Gasteiger partial charge < -0.3 is 0 Å². The van der Waals surface area contributed by atoms with E-state index in [2.05, 4.69) is 22.9 Å². The minimum absolute atomic E-state index is 0. The van der Waals surface area contributed by atoms with Crippen molar-refractivity contribution in [2.45, 2.75) is 6.92 Å². The molecule has 0 aromatic rings. The van der Waals surface area contributed by atoms with Crippen LogP contribution in [0.1, 0.15) is 6.92 Å². The van der Waals surface area contributed by atoms with E-state index >= 15 is 0 Å². The van der Waals surface area contributed by atoms with Gasteiger partial charge in [0.1, 0.15) is 0 Å². The molecule has 0 spiro atoms. The second-order valence-electron chi connectivity index (χ2n) is 1.25. The number of hydrogen-bond donors (Lipinski definition) is 0. The second kappa shape index (κ2) is 4.16. The summed E-state index contributed by atoms with van der Waals surface area (Å²) in [5.41, 5.74) is 0. The van der Waals surface area contributed by atoms with Gasteiger partial charge in [-0.25, -0.2) is 0 Å². The molecular formula is C5H6BiZr-. The summed E-state index contributed by atoms with van der Waals surface area (Å²) in [6.45, 7) is 2.17. The van der Waals surface area contributed by atoms with E-state index in [1.54, 1.807) is 0 Å². The molecule has 0 unspecified atom stereocenters. The van der Waals surface area contributed by atoms with Crippen LogP contribution in [0.25, 0.3) is 0 Å². The van der Waals surface area contributed by atoms with Gasteiger partial charge in [-0.05, 0) is 0 Å². The third-order valence-electron chi connectivity index (χ3n) is 0.683. The van der Waals surface area contributed by atoms with Crippen LogP contribution >= 0.6 is 0 Å². The summed E-state index contributed by atoms with van der Waals surface area (Å²) in [5, 5.41) is 0. The van der Waals surface area contributed by atoms with Crippen molar-refractivity contribution in [2.24, 2.45) is 0 Å². The third kappa shape index (κ3) is 2.93. The number of allylic oxidation sites excluding steroid dienone is 3. The Balaban J connectivity index is 0.000000360. The van der Waals surface area contributed by atoms with E-state index in [-0.39, 0.29) is 49.4 Å². The molecular weight excluding hydrogens is 360 g/mol. The normalized spacial score (nSPS) is 15.9. The molecule has 0 aromatic carbocycles. The van der Waals surface area contributed by atoms with Gasteiger partial charge >= 0.3 is 49.4 Å². The minimum Gasteiger partial charge on any atom is 0 e. The predicted molar refractivity (Wildman–Crippen MR) is 28.7 cm³/mol. The molecule has 0 saturated carbocycles. The van der Waals surface area contributed by atoms with E-state index in [1.807, 2.05) is 0 Å². The molecule has 1 aliphatic heterocycles. The number of hydrogen-bond acceptors (Lipinski definition) is 0. The van der Waals surface area contributed by atoms with Gasteiger partial charge in [0.2, 0.25) is 0 Å². The molecule has 0 saturated heterocycles. The maximum absolute atomic E-state index is 3.14. The molecule has 0 radical (unpaired) electrons. The maximum Gasteiger partial charge on any atom is 0 e. The van der Waals surface area contributed by atoms with E-state index in [4.69, 9.17) is 0 Å². The molecule has 0 nitrogen and oxygen atoms in total. The Hall–Kier alpha value is 1.25. The average Bonchev–Trinajstić information content (AvgIpc) is 1.86. The SMILES string of the molecule is C[C]1=[C-]C=[CH][BiH]1.[Zr]. The van der Waals surface area contributed by atoms with Gasteiger partial charge in [0.05, 0.1) is 0 Å². The smallest absolute Gasteiger partial charge is 0 e. The van der Waals surface area contributed by atoms with Crippen LogP contribution in [0.3, 0.4) is 0 Å². The average molecular weight is 366 g/mol. The molecule has 7 heavy (non-hydrogen) atoms. The van der Waals surface area contributed by atoms with Crippen LogP contribution in [0.15, 0.2) is 13.1 Å². The predicted octanol–water partition coefficient (Wildman–Crippen LogP) is 0.655. The monoisotopic (exact) mass is 365 g/mol. The Bertz CT molecular complexity index is 105. The largest absolute Gasteiger partial charge is 0 e. The molecule has 0 fully saturated rings. The Morgan fingerprint density at radius 1 is 1.71 bits per heavy atom. The van der Waals surface area contributed by atoms with Gasteiger partial charge in [-0.2, -0.15) is 0 Å². The molecule has 0 N–H and O–H groups in total. The summed E-state index contributed by atoms with van der Waals surface area (Å²) in [6.07, 6.45) is 5.20. The van der Waals surface area contributed by atoms with Crippen molar-refractivity contribution in [3.63, 3.8) is 0 Å². The fraction of sp³-hybridized carbons (Fsp3) is 0.200. The summed E-state index contributed by atoms with van der Waals surface area (Å²) in [5.74, 6) is 0. The van der Waals surface area contributed by atoms with Crippen molar-refractivity contribution < 1.29 is 26.2 Å². The fourth-order valence-corrected chi connectivity index (χ4v) is 2.64.